The van der Waals surface area contributed by atoms with Gasteiger partial charge in [0.1, 0.15) is 5.75 Å². The highest BCUT2D eigenvalue weighted by Gasteiger charge is 2.36. The number of amides is 2. The number of hydrogen-bond donors (Lipinski definition) is 1. The van der Waals surface area contributed by atoms with Crippen molar-refractivity contribution in [2.75, 3.05) is 16.8 Å². The maximum atomic E-state index is 12.4. The molecule has 1 aromatic heterocycles. The van der Waals surface area contributed by atoms with Gasteiger partial charge in [0.15, 0.2) is 0 Å². The van der Waals surface area contributed by atoms with Gasteiger partial charge in [0.05, 0.1) is 5.92 Å². The molecule has 2 heterocycles. The summed E-state index contributed by atoms with van der Waals surface area (Å²) in [6.45, 7) is 0.233. The van der Waals surface area contributed by atoms with Crippen molar-refractivity contribution in [1.82, 2.24) is 10.2 Å². The molecule has 2 aliphatic rings. The molecule has 8 nitrogen and oxygen atoms in total. The summed E-state index contributed by atoms with van der Waals surface area (Å²) >= 11 is 0. The number of halogens is 3. The van der Waals surface area contributed by atoms with Crippen LogP contribution >= 0.6 is 0 Å². The fourth-order valence-corrected chi connectivity index (χ4v) is 3.97. The van der Waals surface area contributed by atoms with Crippen LogP contribution in [0.1, 0.15) is 50.3 Å². The van der Waals surface area contributed by atoms with Crippen molar-refractivity contribution < 1.29 is 31.9 Å². The molecule has 1 saturated carbocycles. The first kappa shape index (κ1) is 21.1. The van der Waals surface area contributed by atoms with Gasteiger partial charge in [0, 0.05) is 24.6 Å². The van der Waals surface area contributed by atoms with Gasteiger partial charge in [-0.1, -0.05) is 24.4 Å². The first-order valence-corrected chi connectivity index (χ1v) is 10.1. The monoisotopic (exact) mass is 438 g/mol. The van der Waals surface area contributed by atoms with E-state index in [1.807, 2.05) is 0 Å². The number of alkyl halides is 3. The van der Waals surface area contributed by atoms with Gasteiger partial charge in [0.2, 0.25) is 17.7 Å². The maximum Gasteiger partial charge on any atom is 0.573 e. The Morgan fingerprint density at radius 2 is 1.84 bits per heavy atom. The van der Waals surface area contributed by atoms with Crippen LogP contribution in [0, 0.1) is 5.92 Å². The standard InChI is InChI=1S/C20H21F3N4O4/c21-20(22,23)31-15-8-6-14(7-9-15)27-11-13(10-16(27)28)18-25-26-19(30-18)24-17(29)12-4-2-1-3-5-12/h6-9,12-13H,1-5,10-11H2,(H,24,26,29). The Balaban J connectivity index is 1.37. The molecule has 2 aromatic rings. The van der Waals surface area contributed by atoms with Crippen molar-refractivity contribution in [2.45, 2.75) is 50.8 Å². The lowest BCUT2D eigenvalue weighted by Crippen LogP contribution is -2.24. The summed E-state index contributed by atoms with van der Waals surface area (Å²) in [6.07, 6.45) is 0.195. The van der Waals surface area contributed by atoms with Crippen molar-refractivity contribution in [3.8, 4) is 5.75 Å². The molecule has 1 atom stereocenters. The van der Waals surface area contributed by atoms with Crippen LogP contribution in [0.15, 0.2) is 28.7 Å². The highest BCUT2D eigenvalue weighted by atomic mass is 19.4. The zero-order valence-corrected chi connectivity index (χ0v) is 16.5. The van der Waals surface area contributed by atoms with Crippen molar-refractivity contribution in [1.29, 1.82) is 0 Å². The van der Waals surface area contributed by atoms with Gasteiger partial charge in [-0.05, 0) is 37.1 Å². The van der Waals surface area contributed by atoms with E-state index in [-0.39, 0.29) is 54.3 Å². The second-order valence-electron chi connectivity index (χ2n) is 7.72. The van der Waals surface area contributed by atoms with E-state index < -0.39 is 6.36 Å². The lowest BCUT2D eigenvalue weighted by Gasteiger charge is -2.19. The largest absolute Gasteiger partial charge is 0.573 e. The summed E-state index contributed by atoms with van der Waals surface area (Å²) in [5, 5.41) is 10.5. The van der Waals surface area contributed by atoms with Crippen LogP contribution < -0.4 is 15.0 Å². The minimum Gasteiger partial charge on any atom is -0.407 e. The second-order valence-corrected chi connectivity index (χ2v) is 7.72. The fraction of sp³-hybridized carbons (Fsp3) is 0.500. The summed E-state index contributed by atoms with van der Waals surface area (Å²) in [7, 11) is 0. The first-order valence-electron chi connectivity index (χ1n) is 10.1. The van der Waals surface area contributed by atoms with E-state index in [2.05, 4.69) is 20.3 Å². The molecule has 1 N–H and O–H groups in total. The minimum atomic E-state index is -4.78. The van der Waals surface area contributed by atoms with Gasteiger partial charge >= 0.3 is 12.4 Å². The Morgan fingerprint density at radius 1 is 1.13 bits per heavy atom. The third kappa shape index (κ3) is 5.15. The second kappa shape index (κ2) is 8.56. The molecule has 0 spiro atoms. The number of aromatic nitrogens is 2. The topological polar surface area (TPSA) is 97.6 Å². The van der Waals surface area contributed by atoms with Crippen molar-refractivity contribution in [3.05, 3.63) is 30.2 Å². The van der Waals surface area contributed by atoms with Gasteiger partial charge in [-0.2, -0.15) is 0 Å². The number of anilines is 2. The maximum absolute atomic E-state index is 12.4. The van der Waals surface area contributed by atoms with Crippen molar-refractivity contribution >= 4 is 23.5 Å². The van der Waals surface area contributed by atoms with Crippen LogP contribution in [0.3, 0.4) is 0 Å². The summed E-state index contributed by atoms with van der Waals surface area (Å²) in [5.74, 6) is -0.939. The molecule has 1 saturated heterocycles. The Morgan fingerprint density at radius 3 is 2.52 bits per heavy atom. The molecule has 166 valence electrons. The van der Waals surface area contributed by atoms with Crippen LogP contribution in [-0.2, 0) is 9.59 Å². The normalized spacial score (nSPS) is 20.2. The van der Waals surface area contributed by atoms with Gasteiger partial charge in [0.25, 0.3) is 0 Å². The van der Waals surface area contributed by atoms with E-state index in [0.717, 1.165) is 44.2 Å². The molecule has 0 radical (unpaired) electrons. The smallest absolute Gasteiger partial charge is 0.407 e. The fourth-order valence-electron chi connectivity index (χ4n) is 3.97. The van der Waals surface area contributed by atoms with E-state index in [0.29, 0.717) is 5.69 Å². The van der Waals surface area contributed by atoms with E-state index >= 15 is 0 Å². The molecular weight excluding hydrogens is 417 g/mol. The van der Waals surface area contributed by atoms with Crippen LogP contribution in [0.4, 0.5) is 24.9 Å². The Labute approximate surface area is 175 Å². The molecule has 31 heavy (non-hydrogen) atoms. The molecule has 1 aliphatic heterocycles. The number of ether oxygens (including phenoxy) is 1. The highest BCUT2D eigenvalue weighted by molar-refractivity contribution is 5.96. The summed E-state index contributed by atoms with van der Waals surface area (Å²) in [5.41, 5.74) is 0.437. The molecular formula is C20H21F3N4O4. The quantitative estimate of drug-likeness (QED) is 0.758. The predicted octanol–water partition coefficient (Wildman–Crippen LogP) is 4.01. The molecule has 2 fully saturated rings. The number of carbonyl (C=O) groups excluding carboxylic acids is 2. The third-order valence-electron chi connectivity index (χ3n) is 5.50. The van der Waals surface area contributed by atoms with Crippen LogP contribution in [-0.4, -0.2) is 34.9 Å². The Hall–Kier alpha value is -3.11. The SMILES string of the molecule is O=C(Nc1nnc(C2CC(=O)N(c3ccc(OC(F)(F)F)cc3)C2)o1)C1CCCCC1. The molecule has 1 unspecified atom stereocenters. The van der Waals surface area contributed by atoms with Gasteiger partial charge in [-0.15, -0.1) is 18.3 Å². The molecule has 11 heteroatoms. The first-order chi connectivity index (χ1) is 14.8. The van der Waals surface area contributed by atoms with Crippen LogP contribution in [0.25, 0.3) is 0 Å². The van der Waals surface area contributed by atoms with Gasteiger partial charge in [-0.25, -0.2) is 0 Å². The summed E-state index contributed by atoms with van der Waals surface area (Å²) in [6, 6.07) is 5.06. The van der Waals surface area contributed by atoms with E-state index in [1.165, 1.54) is 17.0 Å². The van der Waals surface area contributed by atoms with E-state index in [9.17, 15) is 22.8 Å². The zero-order valence-electron chi connectivity index (χ0n) is 16.5. The molecule has 2 amide bonds. The predicted molar refractivity (Wildman–Crippen MR) is 102 cm³/mol. The average molecular weight is 438 g/mol. The molecule has 4 rings (SSSR count). The van der Waals surface area contributed by atoms with E-state index in [4.69, 9.17) is 4.42 Å². The number of hydrogen-bond acceptors (Lipinski definition) is 6. The van der Waals surface area contributed by atoms with E-state index in [1.54, 1.807) is 0 Å². The Kier molecular flexibility index (Phi) is 5.84. The van der Waals surface area contributed by atoms with Crippen molar-refractivity contribution in [2.24, 2.45) is 5.92 Å². The molecule has 1 aliphatic carbocycles. The average Bonchev–Trinajstić information content (AvgIpc) is 3.35. The number of nitrogens with zero attached hydrogens (tertiary/aromatic N) is 3. The Bertz CT molecular complexity index is 939. The number of benzene rings is 1. The number of carbonyl (C=O) groups is 2. The third-order valence-corrected chi connectivity index (χ3v) is 5.50. The highest BCUT2D eigenvalue weighted by Crippen LogP contribution is 2.33. The van der Waals surface area contributed by atoms with Gasteiger partial charge in [-0.3, -0.25) is 14.9 Å². The molecule has 0 bridgehead atoms. The number of rotatable bonds is 5. The molecule has 1 aromatic carbocycles. The summed E-state index contributed by atoms with van der Waals surface area (Å²) in [4.78, 5) is 26.2. The lowest BCUT2D eigenvalue weighted by molar-refractivity contribution is -0.274. The number of nitrogens with one attached hydrogen (secondary N) is 1. The summed E-state index contributed by atoms with van der Waals surface area (Å²) < 4.78 is 46.3. The lowest BCUT2D eigenvalue weighted by atomic mass is 9.89. The van der Waals surface area contributed by atoms with Crippen molar-refractivity contribution in [3.63, 3.8) is 0 Å². The van der Waals surface area contributed by atoms with Gasteiger partial charge < -0.3 is 14.1 Å². The van der Waals surface area contributed by atoms with Crippen LogP contribution in [0.2, 0.25) is 0 Å². The minimum absolute atomic E-state index is 0.00475. The zero-order chi connectivity index (χ0) is 22.0. The van der Waals surface area contributed by atoms with Crippen LogP contribution in [0.5, 0.6) is 5.75 Å².